The van der Waals surface area contributed by atoms with E-state index in [0.717, 1.165) is 40.7 Å². The molecule has 1 aromatic carbocycles. The molecule has 3 heterocycles. The van der Waals surface area contributed by atoms with Gasteiger partial charge in [-0.1, -0.05) is 48.5 Å². The average Bonchev–Trinajstić information content (AvgIpc) is 3.41. The Kier molecular flexibility index (Phi) is 5.91. The summed E-state index contributed by atoms with van der Waals surface area (Å²) in [4.78, 5) is 6.97. The fourth-order valence-corrected chi connectivity index (χ4v) is 5.43. The molecule has 0 amide bonds. The first kappa shape index (κ1) is 20.8. The van der Waals surface area contributed by atoms with Gasteiger partial charge in [-0.3, -0.25) is 4.98 Å². The number of nitrogens with one attached hydrogen (secondary N) is 1. The number of hydrogen-bond donors (Lipinski definition) is 1. The highest BCUT2D eigenvalue weighted by Crippen LogP contribution is 2.43. The van der Waals surface area contributed by atoms with Crippen LogP contribution >= 0.6 is 35.4 Å². The van der Waals surface area contributed by atoms with Crippen molar-refractivity contribution in [2.45, 2.75) is 50.2 Å². The maximum Gasteiger partial charge on any atom is 0.170 e. The largest absolute Gasteiger partial charge is 0.459 e. The van der Waals surface area contributed by atoms with Crippen molar-refractivity contribution >= 4 is 40.5 Å². The van der Waals surface area contributed by atoms with Crippen LogP contribution in [0, 0.1) is 0 Å². The number of furan rings is 1. The predicted octanol–water partition coefficient (Wildman–Crippen LogP) is 6.95. The third-order valence-corrected chi connectivity index (χ3v) is 7.29. The number of pyridine rings is 1. The van der Waals surface area contributed by atoms with E-state index in [0.29, 0.717) is 16.1 Å². The monoisotopic (exact) mass is 471 g/mol. The zero-order valence-electron chi connectivity index (χ0n) is 16.9. The van der Waals surface area contributed by atoms with Crippen molar-refractivity contribution in [1.29, 1.82) is 0 Å². The van der Waals surface area contributed by atoms with E-state index in [2.05, 4.69) is 15.2 Å². The molecule has 0 unspecified atom stereocenters. The fourth-order valence-electron chi connectivity index (χ4n) is 4.74. The highest BCUT2D eigenvalue weighted by molar-refractivity contribution is 7.80. The molecule has 0 spiro atoms. The first-order valence-corrected chi connectivity index (χ1v) is 11.8. The number of thiocarbonyl (C=S) groups is 1. The Hall–Kier alpha value is -2.08. The SMILES string of the molecule is S=C1N[C@@H](c2ccccn2)[C@H](c2ccc(-c3ccc(Cl)c(Cl)c3)o2)N1C1CCCCC1. The number of benzene rings is 1. The van der Waals surface area contributed by atoms with Crippen molar-refractivity contribution in [3.8, 4) is 11.3 Å². The number of rotatable bonds is 4. The molecule has 1 N–H and O–H groups in total. The zero-order chi connectivity index (χ0) is 21.4. The lowest BCUT2D eigenvalue weighted by molar-refractivity contribution is 0.179. The van der Waals surface area contributed by atoms with Crippen molar-refractivity contribution < 1.29 is 4.42 Å². The quantitative estimate of drug-likeness (QED) is 0.416. The highest BCUT2D eigenvalue weighted by Gasteiger charge is 2.44. The van der Waals surface area contributed by atoms with Gasteiger partial charge in [0.25, 0.3) is 0 Å². The van der Waals surface area contributed by atoms with E-state index in [9.17, 15) is 0 Å². The topological polar surface area (TPSA) is 41.3 Å². The van der Waals surface area contributed by atoms with Crippen LogP contribution in [0.1, 0.15) is 55.6 Å². The molecule has 0 bridgehead atoms. The van der Waals surface area contributed by atoms with E-state index < -0.39 is 0 Å². The van der Waals surface area contributed by atoms with Crippen LogP contribution < -0.4 is 5.32 Å². The minimum absolute atomic E-state index is 0.0537. The van der Waals surface area contributed by atoms with Crippen molar-refractivity contribution in [3.63, 3.8) is 0 Å². The molecular weight excluding hydrogens is 449 g/mol. The summed E-state index contributed by atoms with van der Waals surface area (Å²) < 4.78 is 6.40. The molecule has 1 saturated carbocycles. The lowest BCUT2D eigenvalue weighted by atomic mass is 9.92. The second kappa shape index (κ2) is 8.81. The standard InChI is InChI=1S/C24H23Cl2N3OS/c25-17-10-9-15(14-18(17)26)20-11-12-21(30-20)23-22(19-8-4-5-13-27-19)28-24(31)29(23)16-6-2-1-3-7-16/h4-5,8-14,16,22-23H,1-3,6-7H2,(H,28,31)/t22-,23-/m0/s1. The summed E-state index contributed by atoms with van der Waals surface area (Å²) in [5, 5.41) is 5.34. The molecule has 3 aromatic rings. The maximum absolute atomic E-state index is 6.40. The summed E-state index contributed by atoms with van der Waals surface area (Å²) in [6.45, 7) is 0. The van der Waals surface area contributed by atoms with Crippen molar-refractivity contribution in [3.05, 3.63) is 76.2 Å². The molecule has 31 heavy (non-hydrogen) atoms. The highest BCUT2D eigenvalue weighted by atomic mass is 35.5. The minimum atomic E-state index is -0.0663. The summed E-state index contributed by atoms with van der Waals surface area (Å²) in [6.07, 6.45) is 7.88. The Morgan fingerprint density at radius 2 is 1.84 bits per heavy atom. The molecule has 2 fully saturated rings. The summed E-state index contributed by atoms with van der Waals surface area (Å²) in [5.74, 6) is 1.63. The van der Waals surface area contributed by atoms with Gasteiger partial charge < -0.3 is 14.6 Å². The third kappa shape index (κ3) is 4.07. The van der Waals surface area contributed by atoms with Gasteiger partial charge in [0.15, 0.2) is 5.11 Å². The second-order valence-corrected chi connectivity index (χ2v) is 9.36. The number of aromatic nitrogens is 1. The van der Waals surface area contributed by atoms with Gasteiger partial charge in [-0.25, -0.2) is 0 Å². The summed E-state index contributed by atoms with van der Waals surface area (Å²) in [7, 11) is 0. The first-order chi connectivity index (χ1) is 15.1. The average molecular weight is 472 g/mol. The van der Waals surface area contributed by atoms with Gasteiger partial charge in [0.2, 0.25) is 0 Å². The van der Waals surface area contributed by atoms with Gasteiger partial charge in [-0.15, -0.1) is 0 Å². The molecule has 1 saturated heterocycles. The molecule has 2 aliphatic rings. The maximum atomic E-state index is 6.40. The van der Waals surface area contributed by atoms with Crippen LogP contribution in [0.5, 0.6) is 0 Å². The smallest absolute Gasteiger partial charge is 0.170 e. The Morgan fingerprint density at radius 1 is 1.00 bits per heavy atom. The van der Waals surface area contributed by atoms with E-state index in [1.165, 1.54) is 19.3 Å². The van der Waals surface area contributed by atoms with Crippen LogP contribution in [0.3, 0.4) is 0 Å². The molecule has 2 atom stereocenters. The van der Waals surface area contributed by atoms with Gasteiger partial charge in [-0.05, 0) is 67.5 Å². The molecule has 1 aliphatic carbocycles. The molecule has 1 aliphatic heterocycles. The molecule has 160 valence electrons. The minimum Gasteiger partial charge on any atom is -0.459 e. The lowest BCUT2D eigenvalue weighted by Gasteiger charge is -2.36. The van der Waals surface area contributed by atoms with Crippen LogP contribution in [0.25, 0.3) is 11.3 Å². The van der Waals surface area contributed by atoms with Crippen LogP contribution in [-0.2, 0) is 0 Å². The van der Waals surface area contributed by atoms with E-state index in [4.69, 9.17) is 39.8 Å². The summed E-state index contributed by atoms with van der Waals surface area (Å²) >= 11 is 18.1. The van der Waals surface area contributed by atoms with Gasteiger partial charge in [0.1, 0.15) is 17.6 Å². The van der Waals surface area contributed by atoms with E-state index in [1.54, 1.807) is 6.07 Å². The lowest BCUT2D eigenvalue weighted by Crippen LogP contribution is -2.40. The Balaban J connectivity index is 1.54. The number of nitrogens with zero attached hydrogens (tertiary/aromatic N) is 2. The van der Waals surface area contributed by atoms with E-state index in [-0.39, 0.29) is 12.1 Å². The van der Waals surface area contributed by atoms with Gasteiger partial charge in [0.05, 0.1) is 21.8 Å². The van der Waals surface area contributed by atoms with E-state index in [1.807, 2.05) is 48.7 Å². The Labute approximate surface area is 197 Å². The summed E-state index contributed by atoms with van der Waals surface area (Å²) in [5.41, 5.74) is 1.86. The molecular formula is C24H23Cl2N3OS. The van der Waals surface area contributed by atoms with Crippen molar-refractivity contribution in [2.24, 2.45) is 0 Å². The number of hydrogen-bond acceptors (Lipinski definition) is 3. The van der Waals surface area contributed by atoms with Gasteiger partial charge in [-0.2, -0.15) is 0 Å². The third-order valence-electron chi connectivity index (χ3n) is 6.23. The van der Waals surface area contributed by atoms with Crippen LogP contribution in [0.15, 0.2) is 59.1 Å². The zero-order valence-corrected chi connectivity index (χ0v) is 19.3. The molecule has 2 aromatic heterocycles. The van der Waals surface area contributed by atoms with Crippen molar-refractivity contribution in [2.75, 3.05) is 0 Å². The van der Waals surface area contributed by atoms with Crippen molar-refractivity contribution in [1.82, 2.24) is 15.2 Å². The first-order valence-electron chi connectivity index (χ1n) is 10.7. The Morgan fingerprint density at radius 3 is 2.58 bits per heavy atom. The molecule has 5 rings (SSSR count). The van der Waals surface area contributed by atoms with Gasteiger partial charge in [0, 0.05) is 17.8 Å². The Bertz CT molecular complexity index is 1080. The fraction of sp³-hybridized carbons (Fsp3) is 0.333. The predicted molar refractivity (Wildman–Crippen MR) is 128 cm³/mol. The van der Waals surface area contributed by atoms with Crippen LogP contribution in [0.2, 0.25) is 10.0 Å². The second-order valence-electron chi connectivity index (χ2n) is 8.16. The molecule has 7 heteroatoms. The van der Waals surface area contributed by atoms with E-state index >= 15 is 0 Å². The summed E-state index contributed by atoms with van der Waals surface area (Å²) in [6, 6.07) is 15.9. The van der Waals surface area contributed by atoms with Crippen LogP contribution in [0.4, 0.5) is 0 Å². The van der Waals surface area contributed by atoms with Crippen LogP contribution in [-0.4, -0.2) is 21.0 Å². The number of halogens is 2. The normalized spacial score (nSPS) is 22.0. The van der Waals surface area contributed by atoms with Gasteiger partial charge >= 0.3 is 0 Å². The molecule has 0 radical (unpaired) electrons. The molecule has 4 nitrogen and oxygen atoms in total.